The molecule has 1 aromatic rings. The van der Waals surface area contributed by atoms with Crippen LogP contribution in [0.25, 0.3) is 0 Å². The van der Waals surface area contributed by atoms with Gasteiger partial charge < -0.3 is 16.2 Å². The van der Waals surface area contributed by atoms with Crippen molar-refractivity contribution in [3.05, 3.63) is 28.2 Å². The number of amides is 1. The minimum Gasteiger partial charge on any atom is -0.478 e. The number of carbonyl (C=O) groups is 2. The third-order valence-electron chi connectivity index (χ3n) is 2.61. The maximum Gasteiger partial charge on any atom is 0.335 e. The van der Waals surface area contributed by atoms with Gasteiger partial charge in [0.1, 0.15) is 9.84 Å². The molecule has 1 atom stereocenters. The molecule has 9 heteroatoms. The zero-order valence-corrected chi connectivity index (χ0v) is 13.6. The van der Waals surface area contributed by atoms with E-state index < -0.39 is 27.8 Å². The maximum atomic E-state index is 11.9. The van der Waals surface area contributed by atoms with Crippen LogP contribution in [0.5, 0.6) is 0 Å². The lowest BCUT2D eigenvalue weighted by Crippen LogP contribution is -2.37. The number of hydrogen-bond donors (Lipinski definition) is 3. The molecule has 21 heavy (non-hydrogen) atoms. The Morgan fingerprint density at radius 1 is 1.43 bits per heavy atom. The number of halogens is 1. The van der Waals surface area contributed by atoms with Crippen molar-refractivity contribution in [2.45, 2.75) is 12.5 Å². The van der Waals surface area contributed by atoms with Gasteiger partial charge in [-0.15, -0.1) is 0 Å². The van der Waals surface area contributed by atoms with Crippen LogP contribution in [0.2, 0.25) is 0 Å². The largest absolute Gasteiger partial charge is 0.478 e. The summed E-state index contributed by atoms with van der Waals surface area (Å²) in [4.78, 5) is 22.7. The van der Waals surface area contributed by atoms with Crippen LogP contribution >= 0.6 is 15.9 Å². The SMILES string of the molecule is CS(=O)(=O)CCC(N)C(=O)Nc1cc(C(=O)O)ccc1Br. The van der Waals surface area contributed by atoms with Crippen LogP contribution in [0.4, 0.5) is 5.69 Å². The number of sulfone groups is 1. The van der Waals surface area contributed by atoms with Gasteiger partial charge in [-0.3, -0.25) is 4.79 Å². The van der Waals surface area contributed by atoms with E-state index in [0.717, 1.165) is 6.26 Å². The third-order valence-corrected chi connectivity index (χ3v) is 4.28. The van der Waals surface area contributed by atoms with E-state index in [9.17, 15) is 18.0 Å². The zero-order chi connectivity index (χ0) is 16.2. The Bertz CT molecular complexity index is 660. The number of aromatic carboxylic acids is 1. The average Bonchev–Trinajstić information content (AvgIpc) is 2.37. The van der Waals surface area contributed by atoms with Crippen molar-refractivity contribution in [2.24, 2.45) is 5.73 Å². The van der Waals surface area contributed by atoms with Crippen molar-refractivity contribution in [1.82, 2.24) is 0 Å². The number of nitrogens with one attached hydrogen (secondary N) is 1. The highest BCUT2D eigenvalue weighted by Crippen LogP contribution is 2.24. The van der Waals surface area contributed by atoms with Crippen LogP contribution in [0, 0.1) is 0 Å². The Morgan fingerprint density at radius 2 is 2.05 bits per heavy atom. The number of hydrogen-bond acceptors (Lipinski definition) is 5. The first kappa shape index (κ1) is 17.6. The first-order chi connectivity index (χ1) is 9.60. The number of carboxylic acids is 1. The van der Waals surface area contributed by atoms with Crippen molar-refractivity contribution in [1.29, 1.82) is 0 Å². The first-order valence-electron chi connectivity index (χ1n) is 5.87. The van der Waals surface area contributed by atoms with E-state index in [2.05, 4.69) is 21.2 Å². The molecule has 0 heterocycles. The van der Waals surface area contributed by atoms with E-state index in [1.807, 2.05) is 0 Å². The first-order valence-corrected chi connectivity index (χ1v) is 8.72. The molecule has 116 valence electrons. The molecule has 0 radical (unpaired) electrons. The third kappa shape index (κ3) is 5.82. The minimum absolute atomic E-state index is 0.0122. The lowest BCUT2D eigenvalue weighted by atomic mass is 10.2. The summed E-state index contributed by atoms with van der Waals surface area (Å²) in [7, 11) is -3.20. The smallest absolute Gasteiger partial charge is 0.335 e. The second kappa shape index (κ2) is 7.01. The van der Waals surface area contributed by atoms with Gasteiger partial charge >= 0.3 is 5.97 Å². The Hall–Kier alpha value is -1.45. The van der Waals surface area contributed by atoms with Gasteiger partial charge in [-0.25, -0.2) is 13.2 Å². The van der Waals surface area contributed by atoms with Crippen LogP contribution < -0.4 is 11.1 Å². The highest BCUT2D eigenvalue weighted by molar-refractivity contribution is 9.10. The number of anilines is 1. The van der Waals surface area contributed by atoms with Crippen molar-refractivity contribution >= 4 is 43.3 Å². The Kier molecular flexibility index (Phi) is 5.87. The molecule has 1 amide bonds. The van der Waals surface area contributed by atoms with Crippen LogP contribution in [0.1, 0.15) is 16.8 Å². The van der Waals surface area contributed by atoms with E-state index in [0.29, 0.717) is 4.47 Å². The molecular weight excluding hydrogens is 364 g/mol. The fourth-order valence-electron chi connectivity index (χ4n) is 1.45. The quantitative estimate of drug-likeness (QED) is 0.673. The summed E-state index contributed by atoms with van der Waals surface area (Å²) >= 11 is 3.18. The van der Waals surface area contributed by atoms with Crippen LogP contribution in [-0.2, 0) is 14.6 Å². The summed E-state index contributed by atoms with van der Waals surface area (Å²) < 4.78 is 22.6. The van der Waals surface area contributed by atoms with Crippen LogP contribution in [0.3, 0.4) is 0 Å². The highest BCUT2D eigenvalue weighted by Gasteiger charge is 2.17. The van der Waals surface area contributed by atoms with Crippen molar-refractivity contribution < 1.29 is 23.1 Å². The van der Waals surface area contributed by atoms with Gasteiger partial charge in [-0.05, 0) is 40.5 Å². The van der Waals surface area contributed by atoms with E-state index >= 15 is 0 Å². The Labute approximate surface area is 130 Å². The molecule has 0 bridgehead atoms. The van der Waals surface area contributed by atoms with Crippen molar-refractivity contribution in [2.75, 3.05) is 17.3 Å². The van der Waals surface area contributed by atoms with Gasteiger partial charge in [0, 0.05) is 10.7 Å². The summed E-state index contributed by atoms with van der Waals surface area (Å²) in [6.45, 7) is 0. The molecule has 1 unspecified atom stereocenters. The molecule has 0 aromatic heterocycles. The molecule has 0 saturated heterocycles. The lowest BCUT2D eigenvalue weighted by Gasteiger charge is -2.13. The lowest BCUT2D eigenvalue weighted by molar-refractivity contribution is -0.117. The van der Waals surface area contributed by atoms with Crippen LogP contribution in [0.15, 0.2) is 22.7 Å². The summed E-state index contributed by atoms with van der Waals surface area (Å²) in [5, 5.41) is 11.4. The highest BCUT2D eigenvalue weighted by atomic mass is 79.9. The molecular formula is C12H15BrN2O5S. The topological polar surface area (TPSA) is 127 Å². The summed E-state index contributed by atoms with van der Waals surface area (Å²) in [6.07, 6.45) is 1.05. The molecule has 7 nitrogen and oxygen atoms in total. The standard InChI is InChI=1S/C12H15BrN2O5S/c1-21(19,20)5-4-9(14)11(16)15-10-6-7(12(17)18)2-3-8(10)13/h2-3,6,9H,4-5,14H2,1H3,(H,15,16)(H,17,18). The Balaban J connectivity index is 2.78. The molecule has 0 saturated carbocycles. The van der Waals surface area contributed by atoms with E-state index in [-0.39, 0.29) is 23.4 Å². The summed E-state index contributed by atoms with van der Waals surface area (Å²) in [5.74, 6) is -1.90. The molecule has 0 aliphatic heterocycles. The molecule has 0 aliphatic rings. The molecule has 0 spiro atoms. The monoisotopic (exact) mass is 378 g/mol. The van der Waals surface area contributed by atoms with Crippen molar-refractivity contribution in [3.63, 3.8) is 0 Å². The van der Waals surface area contributed by atoms with E-state index in [1.54, 1.807) is 0 Å². The molecule has 0 aliphatic carbocycles. The second-order valence-corrected chi connectivity index (χ2v) is 7.63. The summed E-state index contributed by atoms with van der Waals surface area (Å²) in [5.41, 5.74) is 5.88. The van der Waals surface area contributed by atoms with Gasteiger partial charge in [-0.1, -0.05) is 0 Å². The predicted octanol–water partition coefficient (Wildman–Crippen LogP) is 0.848. The molecule has 0 fully saturated rings. The summed E-state index contributed by atoms with van der Waals surface area (Å²) in [6, 6.07) is 3.15. The number of carboxylic acid groups (broad SMARTS) is 1. The number of nitrogens with two attached hydrogens (primary N) is 1. The fourth-order valence-corrected chi connectivity index (χ4v) is 2.48. The Morgan fingerprint density at radius 3 is 2.57 bits per heavy atom. The number of carbonyl (C=O) groups excluding carboxylic acids is 1. The number of benzene rings is 1. The van der Waals surface area contributed by atoms with Crippen LogP contribution in [-0.4, -0.2) is 43.5 Å². The normalized spacial score (nSPS) is 12.7. The second-order valence-electron chi connectivity index (χ2n) is 4.51. The number of rotatable bonds is 6. The van der Waals surface area contributed by atoms with E-state index in [4.69, 9.17) is 10.8 Å². The molecule has 1 aromatic carbocycles. The zero-order valence-electron chi connectivity index (χ0n) is 11.2. The van der Waals surface area contributed by atoms with Gasteiger partial charge in [0.15, 0.2) is 0 Å². The minimum atomic E-state index is -3.20. The fraction of sp³-hybridized carbons (Fsp3) is 0.333. The van der Waals surface area contributed by atoms with E-state index in [1.165, 1.54) is 18.2 Å². The maximum absolute atomic E-state index is 11.9. The van der Waals surface area contributed by atoms with Gasteiger partial charge in [-0.2, -0.15) is 0 Å². The van der Waals surface area contributed by atoms with Gasteiger partial charge in [0.2, 0.25) is 5.91 Å². The molecule has 4 N–H and O–H groups in total. The van der Waals surface area contributed by atoms with Crippen molar-refractivity contribution in [3.8, 4) is 0 Å². The average molecular weight is 379 g/mol. The predicted molar refractivity (Wildman–Crippen MR) is 82.0 cm³/mol. The van der Waals surface area contributed by atoms with Gasteiger partial charge in [0.25, 0.3) is 0 Å². The van der Waals surface area contributed by atoms with Gasteiger partial charge in [0.05, 0.1) is 23.0 Å². The molecule has 1 rings (SSSR count).